The van der Waals surface area contributed by atoms with Gasteiger partial charge in [0.05, 0.1) is 26.0 Å². The van der Waals surface area contributed by atoms with E-state index in [1.54, 1.807) is 19.5 Å². The number of hydrogen-bond donors (Lipinski definition) is 0. The van der Waals surface area contributed by atoms with Crippen molar-refractivity contribution in [2.24, 2.45) is 7.05 Å². The second kappa shape index (κ2) is 7.57. The molecule has 2 fully saturated rings. The van der Waals surface area contributed by atoms with Gasteiger partial charge in [0.2, 0.25) is 5.95 Å². The Kier molecular flexibility index (Phi) is 5.01. The summed E-state index contributed by atoms with van der Waals surface area (Å²) in [4.78, 5) is 13.6. The van der Waals surface area contributed by atoms with E-state index in [9.17, 15) is 0 Å². The summed E-state index contributed by atoms with van der Waals surface area (Å²) < 4.78 is 7.35. The van der Waals surface area contributed by atoms with E-state index in [0.717, 1.165) is 50.1 Å². The Morgan fingerprint density at radius 1 is 1.08 bits per heavy atom. The van der Waals surface area contributed by atoms with Crippen LogP contribution in [0.4, 0.5) is 5.95 Å². The Morgan fingerprint density at radius 3 is 2.58 bits per heavy atom. The minimum absolute atomic E-state index is 0.360. The van der Waals surface area contributed by atoms with E-state index in [1.807, 2.05) is 0 Å². The normalized spacial score (nSPS) is 21.3. The summed E-state index contributed by atoms with van der Waals surface area (Å²) in [6.07, 6.45) is 8.27. The van der Waals surface area contributed by atoms with Crippen LogP contribution in [-0.4, -0.2) is 62.9 Å². The van der Waals surface area contributed by atoms with E-state index in [-0.39, 0.29) is 0 Å². The number of anilines is 1. The summed E-state index contributed by atoms with van der Waals surface area (Å²) in [6.45, 7) is 5.10. The molecule has 0 amide bonds. The number of rotatable bonds is 5. The van der Waals surface area contributed by atoms with Gasteiger partial charge in [-0.1, -0.05) is 0 Å². The monoisotopic (exact) mass is 357 g/mol. The van der Waals surface area contributed by atoms with Gasteiger partial charge < -0.3 is 14.2 Å². The van der Waals surface area contributed by atoms with Crippen LogP contribution >= 0.6 is 0 Å². The topological polar surface area (TPSA) is 72.2 Å². The first kappa shape index (κ1) is 17.2. The minimum Gasteiger partial charge on any atom is -0.494 e. The fraction of sp³-hybridized carbons (Fsp3) is 0.667. The van der Waals surface area contributed by atoms with Crippen molar-refractivity contribution in [1.29, 1.82) is 0 Å². The molecular weight excluding hydrogens is 330 g/mol. The van der Waals surface area contributed by atoms with Crippen molar-refractivity contribution in [1.82, 2.24) is 29.6 Å². The van der Waals surface area contributed by atoms with Gasteiger partial charge in [-0.2, -0.15) is 0 Å². The summed E-state index contributed by atoms with van der Waals surface area (Å²) in [5.74, 6) is 3.95. The fourth-order valence-corrected chi connectivity index (χ4v) is 3.96. The predicted octanol–water partition coefficient (Wildman–Crippen LogP) is 1.59. The van der Waals surface area contributed by atoms with E-state index < -0.39 is 0 Å². The van der Waals surface area contributed by atoms with E-state index in [0.29, 0.717) is 11.7 Å². The average molecular weight is 357 g/mol. The Hall–Kier alpha value is -2.22. The Balaban J connectivity index is 1.46. The highest BCUT2D eigenvalue weighted by Gasteiger charge is 2.27. The number of hydrogen-bond acceptors (Lipinski definition) is 7. The molecule has 4 rings (SSSR count). The summed E-state index contributed by atoms with van der Waals surface area (Å²) >= 11 is 0. The molecule has 0 aliphatic carbocycles. The summed E-state index contributed by atoms with van der Waals surface area (Å²) in [5, 5.41) is 9.02. The molecule has 4 heterocycles. The number of nitrogens with zero attached hydrogens (tertiary/aromatic N) is 7. The van der Waals surface area contributed by atoms with Gasteiger partial charge in [0, 0.05) is 26.1 Å². The molecule has 26 heavy (non-hydrogen) atoms. The summed E-state index contributed by atoms with van der Waals surface area (Å²) in [5.41, 5.74) is 0. The zero-order chi connectivity index (χ0) is 17.9. The molecule has 0 N–H and O–H groups in total. The molecule has 8 heteroatoms. The van der Waals surface area contributed by atoms with Crippen LogP contribution in [-0.2, 0) is 13.6 Å². The standard InChI is InChI=1S/C18H27N7O/c1-23-16(13-24-7-3-4-8-24)21-22-17(23)14-6-5-9-25(12-14)18-19-10-15(26-2)11-20-18/h10-11,14H,3-9,12-13H2,1-2H3. The first-order chi connectivity index (χ1) is 12.7. The Bertz CT molecular complexity index is 724. The third-order valence-electron chi connectivity index (χ3n) is 5.48. The van der Waals surface area contributed by atoms with Crippen LogP contribution in [0.15, 0.2) is 12.4 Å². The van der Waals surface area contributed by atoms with Crippen molar-refractivity contribution in [2.75, 3.05) is 38.2 Å². The molecule has 0 bridgehead atoms. The van der Waals surface area contributed by atoms with Gasteiger partial charge in [-0.15, -0.1) is 10.2 Å². The SMILES string of the molecule is COc1cnc(N2CCCC(c3nnc(CN4CCCC4)n3C)C2)nc1. The zero-order valence-electron chi connectivity index (χ0n) is 15.6. The Labute approximate surface area is 154 Å². The van der Waals surface area contributed by atoms with Crippen molar-refractivity contribution in [3.8, 4) is 5.75 Å². The fourth-order valence-electron chi connectivity index (χ4n) is 3.96. The highest BCUT2D eigenvalue weighted by atomic mass is 16.5. The molecule has 0 spiro atoms. The molecule has 0 saturated carbocycles. The van der Waals surface area contributed by atoms with Crippen LogP contribution in [0.5, 0.6) is 5.75 Å². The highest BCUT2D eigenvalue weighted by molar-refractivity contribution is 5.33. The number of methoxy groups -OCH3 is 1. The molecule has 0 aromatic carbocycles. The van der Waals surface area contributed by atoms with Crippen LogP contribution in [0, 0.1) is 0 Å². The molecule has 2 aliphatic heterocycles. The number of likely N-dealkylation sites (tertiary alicyclic amines) is 1. The van der Waals surface area contributed by atoms with Crippen LogP contribution < -0.4 is 9.64 Å². The van der Waals surface area contributed by atoms with Gasteiger partial charge >= 0.3 is 0 Å². The molecule has 2 aliphatic rings. The van der Waals surface area contributed by atoms with Crippen LogP contribution in [0.2, 0.25) is 0 Å². The third kappa shape index (κ3) is 3.51. The molecule has 2 aromatic heterocycles. The molecule has 2 aromatic rings. The molecule has 8 nitrogen and oxygen atoms in total. The van der Waals surface area contributed by atoms with Gasteiger partial charge in [0.1, 0.15) is 11.6 Å². The van der Waals surface area contributed by atoms with Crippen molar-refractivity contribution >= 4 is 5.95 Å². The first-order valence-electron chi connectivity index (χ1n) is 9.46. The second-order valence-electron chi connectivity index (χ2n) is 7.22. The molecular formula is C18H27N7O. The van der Waals surface area contributed by atoms with Gasteiger partial charge in [-0.25, -0.2) is 9.97 Å². The van der Waals surface area contributed by atoms with Gasteiger partial charge in [-0.05, 0) is 38.8 Å². The lowest BCUT2D eigenvalue weighted by Crippen LogP contribution is -2.36. The maximum atomic E-state index is 5.15. The first-order valence-corrected chi connectivity index (χ1v) is 9.46. The molecule has 1 atom stereocenters. The molecule has 140 valence electrons. The van der Waals surface area contributed by atoms with Crippen LogP contribution in [0.3, 0.4) is 0 Å². The summed E-state index contributed by atoms with van der Waals surface area (Å²) in [6, 6.07) is 0. The molecule has 0 radical (unpaired) electrons. The third-order valence-corrected chi connectivity index (χ3v) is 5.48. The maximum absolute atomic E-state index is 5.15. The van der Waals surface area contributed by atoms with E-state index in [2.05, 4.69) is 41.6 Å². The van der Waals surface area contributed by atoms with Gasteiger partial charge in [0.25, 0.3) is 0 Å². The second-order valence-corrected chi connectivity index (χ2v) is 7.22. The van der Waals surface area contributed by atoms with E-state index in [4.69, 9.17) is 4.74 Å². The van der Waals surface area contributed by atoms with E-state index in [1.165, 1.54) is 25.9 Å². The zero-order valence-corrected chi connectivity index (χ0v) is 15.6. The quantitative estimate of drug-likeness (QED) is 0.805. The van der Waals surface area contributed by atoms with Crippen LogP contribution in [0.1, 0.15) is 43.3 Å². The molecule has 1 unspecified atom stereocenters. The highest BCUT2D eigenvalue weighted by Crippen LogP contribution is 2.28. The lowest BCUT2D eigenvalue weighted by molar-refractivity contribution is 0.317. The lowest BCUT2D eigenvalue weighted by Gasteiger charge is -2.32. The van der Waals surface area contributed by atoms with Crippen molar-refractivity contribution in [3.05, 3.63) is 24.0 Å². The minimum atomic E-state index is 0.360. The number of piperidine rings is 1. The number of ether oxygens (including phenoxy) is 1. The molecule has 2 saturated heterocycles. The van der Waals surface area contributed by atoms with Gasteiger partial charge in [-0.3, -0.25) is 4.90 Å². The average Bonchev–Trinajstić information content (AvgIpc) is 3.33. The van der Waals surface area contributed by atoms with E-state index >= 15 is 0 Å². The largest absolute Gasteiger partial charge is 0.494 e. The lowest BCUT2D eigenvalue weighted by atomic mass is 9.97. The summed E-state index contributed by atoms with van der Waals surface area (Å²) in [7, 11) is 3.73. The van der Waals surface area contributed by atoms with Crippen molar-refractivity contribution in [3.63, 3.8) is 0 Å². The predicted molar refractivity (Wildman–Crippen MR) is 98.3 cm³/mol. The van der Waals surface area contributed by atoms with Crippen molar-refractivity contribution in [2.45, 2.75) is 38.1 Å². The maximum Gasteiger partial charge on any atom is 0.225 e. The van der Waals surface area contributed by atoms with Crippen LogP contribution in [0.25, 0.3) is 0 Å². The number of aromatic nitrogens is 5. The Morgan fingerprint density at radius 2 is 1.85 bits per heavy atom. The smallest absolute Gasteiger partial charge is 0.225 e. The van der Waals surface area contributed by atoms with Gasteiger partial charge in [0.15, 0.2) is 5.75 Å². The van der Waals surface area contributed by atoms with Crippen molar-refractivity contribution < 1.29 is 4.74 Å².